The van der Waals surface area contributed by atoms with E-state index in [1.807, 2.05) is 6.08 Å². The Labute approximate surface area is 130 Å². The maximum Gasteiger partial charge on any atom is 0.129 e. The molecule has 0 bridgehead atoms. The first kappa shape index (κ1) is 17.7. The Morgan fingerprint density at radius 3 is 2.67 bits per heavy atom. The Bertz CT molecular complexity index is 426. The summed E-state index contributed by atoms with van der Waals surface area (Å²) in [4.78, 5) is 7.09. The number of nitrogens with one attached hydrogen (secondary N) is 1. The van der Waals surface area contributed by atoms with Crippen LogP contribution in [0, 0.1) is 5.92 Å². The highest BCUT2D eigenvalue weighted by atomic mass is 15.2. The Hall–Kier alpha value is -1.35. The number of aromatic nitrogens is 1. The van der Waals surface area contributed by atoms with Crippen molar-refractivity contribution in [3.05, 3.63) is 36.0 Å². The summed E-state index contributed by atoms with van der Waals surface area (Å²) in [6.45, 7) is 16.5. The number of hydrogen-bond acceptors (Lipinski definition) is 3. The van der Waals surface area contributed by atoms with Crippen LogP contribution in [0.3, 0.4) is 0 Å². The van der Waals surface area contributed by atoms with Crippen molar-refractivity contribution in [2.75, 3.05) is 24.5 Å². The van der Waals surface area contributed by atoms with Crippen LogP contribution in [-0.4, -0.2) is 24.6 Å². The molecule has 118 valence electrons. The molecule has 0 atom stereocenters. The summed E-state index contributed by atoms with van der Waals surface area (Å²) in [5.74, 6) is 1.76. The lowest BCUT2D eigenvalue weighted by atomic mass is 10.1. The van der Waals surface area contributed by atoms with E-state index in [2.05, 4.69) is 56.6 Å². The molecule has 0 saturated heterocycles. The molecule has 1 N–H and O–H groups in total. The molecule has 1 aromatic rings. The molecular weight excluding hydrogens is 258 g/mol. The van der Waals surface area contributed by atoms with E-state index in [1.165, 1.54) is 11.3 Å². The zero-order valence-electron chi connectivity index (χ0n) is 14.2. The molecule has 0 saturated carbocycles. The molecule has 0 spiro atoms. The minimum Gasteiger partial charge on any atom is -0.353 e. The molecule has 0 unspecified atom stereocenters. The van der Waals surface area contributed by atoms with E-state index in [0.29, 0.717) is 5.92 Å². The summed E-state index contributed by atoms with van der Waals surface area (Å²) in [7, 11) is 0. The zero-order valence-corrected chi connectivity index (χ0v) is 14.2. The third kappa shape index (κ3) is 6.30. The Balaban J connectivity index is 2.89. The Kier molecular flexibility index (Phi) is 8.06. The van der Waals surface area contributed by atoms with Gasteiger partial charge in [-0.2, -0.15) is 0 Å². The molecule has 0 fully saturated rings. The molecule has 1 heterocycles. The van der Waals surface area contributed by atoms with Crippen molar-refractivity contribution >= 4 is 5.82 Å². The van der Waals surface area contributed by atoms with Crippen LogP contribution in [0.1, 0.15) is 45.4 Å². The van der Waals surface area contributed by atoms with Crippen molar-refractivity contribution in [1.82, 2.24) is 10.3 Å². The SMILES string of the molecule is C=CCN(CCC)c1cc(CNCC(C)C)cc(CC)n1. The van der Waals surface area contributed by atoms with Crippen LogP contribution in [0.2, 0.25) is 0 Å². The average Bonchev–Trinajstić information content (AvgIpc) is 2.46. The highest BCUT2D eigenvalue weighted by Crippen LogP contribution is 2.16. The van der Waals surface area contributed by atoms with E-state index < -0.39 is 0 Å². The van der Waals surface area contributed by atoms with Crippen molar-refractivity contribution in [1.29, 1.82) is 0 Å². The highest BCUT2D eigenvalue weighted by Gasteiger charge is 2.08. The van der Waals surface area contributed by atoms with Gasteiger partial charge in [-0.15, -0.1) is 6.58 Å². The summed E-state index contributed by atoms with van der Waals surface area (Å²) in [5, 5.41) is 3.52. The summed E-state index contributed by atoms with van der Waals surface area (Å²) in [6.07, 6.45) is 4.04. The molecule has 0 aliphatic rings. The number of anilines is 1. The average molecular weight is 289 g/mol. The van der Waals surface area contributed by atoms with E-state index in [0.717, 1.165) is 44.8 Å². The van der Waals surface area contributed by atoms with Crippen LogP contribution < -0.4 is 10.2 Å². The minimum absolute atomic E-state index is 0.675. The number of nitrogens with zero attached hydrogens (tertiary/aromatic N) is 2. The van der Waals surface area contributed by atoms with Crippen molar-refractivity contribution in [3.63, 3.8) is 0 Å². The maximum absolute atomic E-state index is 4.78. The van der Waals surface area contributed by atoms with E-state index >= 15 is 0 Å². The molecule has 0 aliphatic carbocycles. The van der Waals surface area contributed by atoms with Crippen molar-refractivity contribution in [3.8, 4) is 0 Å². The predicted molar refractivity (Wildman–Crippen MR) is 92.9 cm³/mol. The van der Waals surface area contributed by atoms with Gasteiger partial charge < -0.3 is 10.2 Å². The van der Waals surface area contributed by atoms with Crippen LogP contribution in [0.5, 0.6) is 0 Å². The zero-order chi connectivity index (χ0) is 15.7. The van der Waals surface area contributed by atoms with Gasteiger partial charge in [0.15, 0.2) is 0 Å². The van der Waals surface area contributed by atoms with Crippen LogP contribution in [0.15, 0.2) is 24.8 Å². The van der Waals surface area contributed by atoms with Crippen molar-refractivity contribution in [2.45, 2.75) is 47.1 Å². The van der Waals surface area contributed by atoms with Gasteiger partial charge in [-0.3, -0.25) is 0 Å². The third-order valence-electron chi connectivity index (χ3n) is 3.34. The first-order chi connectivity index (χ1) is 10.1. The van der Waals surface area contributed by atoms with Gasteiger partial charge in [0, 0.05) is 25.3 Å². The molecular formula is C18H31N3. The second-order valence-electron chi connectivity index (χ2n) is 5.94. The second kappa shape index (κ2) is 9.56. The molecule has 3 nitrogen and oxygen atoms in total. The molecule has 0 amide bonds. The predicted octanol–water partition coefficient (Wildman–Crippen LogP) is 3.79. The first-order valence-corrected chi connectivity index (χ1v) is 8.17. The van der Waals surface area contributed by atoms with Crippen molar-refractivity contribution in [2.24, 2.45) is 5.92 Å². The monoisotopic (exact) mass is 289 g/mol. The van der Waals surface area contributed by atoms with E-state index in [1.54, 1.807) is 0 Å². The molecule has 1 rings (SSSR count). The van der Waals surface area contributed by atoms with Crippen LogP contribution in [0.4, 0.5) is 5.82 Å². The summed E-state index contributed by atoms with van der Waals surface area (Å²) in [5.41, 5.74) is 2.49. The molecule has 0 radical (unpaired) electrons. The van der Waals surface area contributed by atoms with Gasteiger partial charge in [0.1, 0.15) is 5.82 Å². The number of hydrogen-bond donors (Lipinski definition) is 1. The lowest BCUT2D eigenvalue weighted by Crippen LogP contribution is -2.26. The standard InChI is InChI=1S/C18H31N3/c1-6-9-21(10-7-2)18-12-16(11-17(8-3)20-18)14-19-13-15(4)5/h6,11-12,15,19H,1,7-10,13-14H2,2-5H3. The largest absolute Gasteiger partial charge is 0.353 e. The van der Waals surface area contributed by atoms with Crippen LogP contribution in [-0.2, 0) is 13.0 Å². The Morgan fingerprint density at radius 1 is 1.33 bits per heavy atom. The summed E-state index contributed by atoms with van der Waals surface area (Å²) in [6, 6.07) is 4.43. The van der Waals surface area contributed by atoms with Gasteiger partial charge in [-0.25, -0.2) is 4.98 Å². The van der Waals surface area contributed by atoms with Gasteiger partial charge in [0.05, 0.1) is 0 Å². The van der Waals surface area contributed by atoms with Crippen molar-refractivity contribution < 1.29 is 0 Å². The maximum atomic E-state index is 4.78. The highest BCUT2D eigenvalue weighted by molar-refractivity contribution is 5.43. The summed E-state index contributed by atoms with van der Waals surface area (Å²) >= 11 is 0. The lowest BCUT2D eigenvalue weighted by Gasteiger charge is -2.23. The molecule has 0 aromatic carbocycles. The van der Waals surface area contributed by atoms with Crippen LogP contribution >= 0.6 is 0 Å². The van der Waals surface area contributed by atoms with E-state index in [-0.39, 0.29) is 0 Å². The lowest BCUT2D eigenvalue weighted by molar-refractivity contribution is 0.552. The number of pyridine rings is 1. The third-order valence-corrected chi connectivity index (χ3v) is 3.34. The molecule has 0 aliphatic heterocycles. The Morgan fingerprint density at radius 2 is 2.10 bits per heavy atom. The van der Waals surface area contributed by atoms with Gasteiger partial charge in [0.2, 0.25) is 0 Å². The minimum atomic E-state index is 0.675. The normalized spacial score (nSPS) is 10.9. The topological polar surface area (TPSA) is 28.2 Å². The van der Waals surface area contributed by atoms with Gasteiger partial charge in [-0.1, -0.05) is 33.8 Å². The van der Waals surface area contributed by atoms with Crippen LogP contribution in [0.25, 0.3) is 0 Å². The number of aryl methyl sites for hydroxylation is 1. The fraction of sp³-hybridized carbons (Fsp3) is 0.611. The van der Waals surface area contributed by atoms with E-state index in [4.69, 9.17) is 4.98 Å². The summed E-state index contributed by atoms with van der Waals surface area (Å²) < 4.78 is 0. The number of rotatable bonds is 10. The smallest absolute Gasteiger partial charge is 0.129 e. The fourth-order valence-corrected chi connectivity index (χ4v) is 2.31. The quantitative estimate of drug-likeness (QED) is 0.664. The molecule has 3 heteroatoms. The van der Waals surface area contributed by atoms with E-state index in [9.17, 15) is 0 Å². The molecule has 1 aromatic heterocycles. The first-order valence-electron chi connectivity index (χ1n) is 8.17. The van der Waals surface area contributed by atoms with Gasteiger partial charge in [0.25, 0.3) is 0 Å². The molecule has 21 heavy (non-hydrogen) atoms. The second-order valence-corrected chi connectivity index (χ2v) is 5.94. The fourth-order valence-electron chi connectivity index (χ4n) is 2.31. The van der Waals surface area contributed by atoms with Gasteiger partial charge in [-0.05, 0) is 43.0 Å². The van der Waals surface area contributed by atoms with Gasteiger partial charge >= 0.3 is 0 Å².